The summed E-state index contributed by atoms with van der Waals surface area (Å²) in [4.78, 5) is 21.9. The van der Waals surface area contributed by atoms with Crippen LogP contribution in [-0.2, 0) is 4.79 Å². The smallest absolute Gasteiger partial charge is 0.273 e. The van der Waals surface area contributed by atoms with E-state index in [1.165, 1.54) is 13.0 Å². The maximum absolute atomic E-state index is 11.7. The van der Waals surface area contributed by atoms with Crippen molar-refractivity contribution < 1.29 is 14.9 Å². The summed E-state index contributed by atoms with van der Waals surface area (Å²) >= 11 is 0. The Hall–Kier alpha value is -1.92. The molecule has 0 saturated heterocycles. The molecule has 0 aliphatic heterocycles. The average molecular weight is 271 g/mol. The Balaban J connectivity index is 4.85. The lowest BCUT2D eigenvalue weighted by atomic mass is 10.0. The molecule has 0 rings (SSSR count). The molecule has 1 atom stereocenters. The molecule has 0 bridgehead atoms. The van der Waals surface area contributed by atoms with Crippen molar-refractivity contribution in [1.29, 1.82) is 0 Å². The van der Waals surface area contributed by atoms with Crippen molar-refractivity contribution >= 4 is 11.6 Å². The molecule has 7 heteroatoms. The summed E-state index contributed by atoms with van der Waals surface area (Å²) < 4.78 is 0. The first-order chi connectivity index (χ1) is 8.97. The maximum atomic E-state index is 11.7. The Morgan fingerprint density at radius 3 is 2.58 bits per heavy atom. The van der Waals surface area contributed by atoms with Gasteiger partial charge in [0, 0.05) is 24.0 Å². The molecule has 7 nitrogen and oxygen atoms in total. The number of nitrogens with zero attached hydrogens (tertiary/aromatic N) is 2. The zero-order chi connectivity index (χ0) is 14.8. The molecule has 1 unspecified atom stereocenters. The van der Waals surface area contributed by atoms with Gasteiger partial charge in [0.15, 0.2) is 5.71 Å². The number of carbonyl (C=O) groups excluding carboxylic acids is 1. The van der Waals surface area contributed by atoms with Crippen LogP contribution in [0.2, 0.25) is 0 Å². The first-order valence-corrected chi connectivity index (χ1v) is 6.32. The van der Waals surface area contributed by atoms with E-state index < -0.39 is 16.9 Å². The summed E-state index contributed by atoms with van der Waals surface area (Å²) in [5.74, 6) is -0.530. The van der Waals surface area contributed by atoms with E-state index in [0.29, 0.717) is 18.5 Å². The third-order valence-electron chi connectivity index (χ3n) is 2.74. The number of hydrogen-bond acceptors (Lipinski definition) is 5. The molecule has 0 spiro atoms. The second-order valence-corrected chi connectivity index (χ2v) is 4.13. The summed E-state index contributed by atoms with van der Waals surface area (Å²) in [5.41, 5.74) is 0.227. The fourth-order valence-electron chi connectivity index (χ4n) is 1.44. The number of unbranched alkanes of at least 4 members (excludes halogenated alkanes) is 1. The molecule has 19 heavy (non-hydrogen) atoms. The Morgan fingerprint density at radius 2 is 2.16 bits per heavy atom. The van der Waals surface area contributed by atoms with E-state index in [-0.39, 0.29) is 5.71 Å². The topological polar surface area (TPSA) is 105 Å². The summed E-state index contributed by atoms with van der Waals surface area (Å²) in [6, 6.07) is -0.912. The SMILES string of the molecule is CCCCNC(=O)C(C=C(CC)C(C)[N+](=O)[O-])=NO. The predicted octanol–water partition coefficient (Wildman–Crippen LogP) is 1.73. The minimum absolute atomic E-state index is 0.207. The molecule has 108 valence electrons. The zero-order valence-electron chi connectivity index (χ0n) is 11.5. The molecule has 0 aromatic heterocycles. The van der Waals surface area contributed by atoms with Crippen molar-refractivity contribution in [3.8, 4) is 0 Å². The van der Waals surface area contributed by atoms with E-state index in [9.17, 15) is 14.9 Å². The van der Waals surface area contributed by atoms with E-state index in [1.807, 2.05) is 6.92 Å². The largest absolute Gasteiger partial charge is 0.410 e. The highest BCUT2D eigenvalue weighted by Crippen LogP contribution is 2.10. The minimum Gasteiger partial charge on any atom is -0.410 e. The fourth-order valence-corrected chi connectivity index (χ4v) is 1.44. The van der Waals surface area contributed by atoms with E-state index in [2.05, 4.69) is 10.5 Å². The summed E-state index contributed by atoms with van der Waals surface area (Å²) in [7, 11) is 0. The minimum atomic E-state index is -0.912. The van der Waals surface area contributed by atoms with Gasteiger partial charge in [-0.1, -0.05) is 25.4 Å². The van der Waals surface area contributed by atoms with Crippen LogP contribution in [0.3, 0.4) is 0 Å². The predicted molar refractivity (Wildman–Crippen MR) is 72.0 cm³/mol. The van der Waals surface area contributed by atoms with Crippen LogP contribution < -0.4 is 5.32 Å². The van der Waals surface area contributed by atoms with Crippen molar-refractivity contribution in [2.75, 3.05) is 6.54 Å². The second-order valence-electron chi connectivity index (χ2n) is 4.13. The summed E-state index contributed by atoms with van der Waals surface area (Å²) in [5, 5.41) is 25.0. The molecule has 2 N–H and O–H groups in total. The third-order valence-corrected chi connectivity index (χ3v) is 2.74. The number of hydrogen-bond donors (Lipinski definition) is 2. The van der Waals surface area contributed by atoms with Gasteiger partial charge < -0.3 is 10.5 Å². The number of nitrogens with one attached hydrogen (secondary N) is 1. The average Bonchev–Trinajstić information content (AvgIpc) is 2.39. The highest BCUT2D eigenvalue weighted by molar-refractivity contribution is 6.43. The van der Waals surface area contributed by atoms with Crippen molar-refractivity contribution in [2.45, 2.75) is 46.1 Å². The monoisotopic (exact) mass is 271 g/mol. The third kappa shape index (κ3) is 5.98. The molecule has 0 radical (unpaired) electrons. The number of oxime groups is 1. The van der Waals surface area contributed by atoms with Gasteiger partial charge in [0.1, 0.15) is 0 Å². The lowest BCUT2D eigenvalue weighted by Gasteiger charge is -2.08. The van der Waals surface area contributed by atoms with Gasteiger partial charge in [0.05, 0.1) is 0 Å². The Labute approximate surface area is 112 Å². The van der Waals surface area contributed by atoms with Crippen LogP contribution in [0.25, 0.3) is 0 Å². The van der Waals surface area contributed by atoms with Gasteiger partial charge in [-0.3, -0.25) is 14.9 Å². The summed E-state index contributed by atoms with van der Waals surface area (Å²) in [6.45, 7) is 5.64. The maximum Gasteiger partial charge on any atom is 0.273 e. The quantitative estimate of drug-likeness (QED) is 0.230. The lowest BCUT2D eigenvalue weighted by molar-refractivity contribution is -0.507. The van der Waals surface area contributed by atoms with Crippen LogP contribution in [-0.4, -0.2) is 34.3 Å². The molecular formula is C12H21N3O4. The van der Waals surface area contributed by atoms with Gasteiger partial charge in [-0.05, 0) is 18.9 Å². The number of rotatable bonds is 8. The van der Waals surface area contributed by atoms with Crippen molar-refractivity contribution in [2.24, 2.45) is 5.16 Å². The van der Waals surface area contributed by atoms with Crippen LogP contribution in [0, 0.1) is 10.1 Å². The normalized spacial score (nSPS) is 14.1. The van der Waals surface area contributed by atoms with E-state index >= 15 is 0 Å². The second kappa shape index (κ2) is 9.07. The van der Waals surface area contributed by atoms with Gasteiger partial charge in [0.25, 0.3) is 5.91 Å². The summed E-state index contributed by atoms with van der Waals surface area (Å²) in [6.07, 6.45) is 3.43. The highest BCUT2D eigenvalue weighted by atomic mass is 16.6. The van der Waals surface area contributed by atoms with E-state index in [1.54, 1.807) is 6.92 Å². The van der Waals surface area contributed by atoms with Gasteiger partial charge >= 0.3 is 0 Å². The highest BCUT2D eigenvalue weighted by Gasteiger charge is 2.20. The van der Waals surface area contributed by atoms with Crippen LogP contribution in [0.4, 0.5) is 0 Å². The van der Waals surface area contributed by atoms with Gasteiger partial charge in [-0.15, -0.1) is 0 Å². The molecule has 0 aliphatic rings. The number of amides is 1. The van der Waals surface area contributed by atoms with E-state index in [0.717, 1.165) is 12.8 Å². The number of carbonyl (C=O) groups is 1. The van der Waals surface area contributed by atoms with Crippen LogP contribution >= 0.6 is 0 Å². The first kappa shape index (κ1) is 17.1. The standard InChI is InChI=1S/C12H21N3O4/c1-4-6-7-13-12(16)11(14-17)8-10(5-2)9(3)15(18)19/h8-9,17H,4-7H2,1-3H3,(H,13,16). The molecule has 0 heterocycles. The number of nitro groups is 1. The zero-order valence-corrected chi connectivity index (χ0v) is 11.5. The van der Waals surface area contributed by atoms with E-state index in [4.69, 9.17) is 5.21 Å². The molecule has 0 aliphatic carbocycles. The Kier molecular flexibility index (Phi) is 8.15. The molecule has 1 amide bonds. The molecule has 0 fully saturated rings. The first-order valence-electron chi connectivity index (χ1n) is 6.32. The molecule has 0 aromatic rings. The lowest BCUT2D eigenvalue weighted by Crippen LogP contribution is -2.31. The Bertz CT molecular complexity index is 377. The van der Waals surface area contributed by atoms with Crippen LogP contribution in [0.1, 0.15) is 40.0 Å². The van der Waals surface area contributed by atoms with Gasteiger partial charge in [-0.2, -0.15) is 0 Å². The van der Waals surface area contributed by atoms with Gasteiger partial charge in [0.2, 0.25) is 6.04 Å². The van der Waals surface area contributed by atoms with Crippen LogP contribution in [0.5, 0.6) is 0 Å². The van der Waals surface area contributed by atoms with Crippen LogP contribution in [0.15, 0.2) is 16.8 Å². The fraction of sp³-hybridized carbons (Fsp3) is 0.667. The van der Waals surface area contributed by atoms with Crippen molar-refractivity contribution in [3.05, 3.63) is 21.8 Å². The molecule has 0 saturated carbocycles. The molecule has 0 aromatic carbocycles. The van der Waals surface area contributed by atoms with Crippen molar-refractivity contribution in [1.82, 2.24) is 5.32 Å². The van der Waals surface area contributed by atoms with Crippen molar-refractivity contribution in [3.63, 3.8) is 0 Å². The Morgan fingerprint density at radius 1 is 1.53 bits per heavy atom. The van der Waals surface area contributed by atoms with Gasteiger partial charge in [-0.25, -0.2) is 0 Å². The molecular weight excluding hydrogens is 250 g/mol.